The van der Waals surface area contributed by atoms with Crippen LogP contribution in [0.4, 0.5) is 74.7 Å². The quantitative estimate of drug-likeness (QED) is 0.0450. The number of Topliss-reactive ketones (excluding diaryl/α,β-unsaturated/α-hetero) is 3. The number of anilines is 9. The topological polar surface area (TPSA) is 475 Å². The van der Waals surface area contributed by atoms with Gasteiger partial charge in [0.15, 0.2) is 0 Å². The maximum absolute atomic E-state index is 14.7. The molecular formula is C112H128F2N16O17. The van der Waals surface area contributed by atoms with E-state index in [1.165, 1.54) is 51.3 Å². The molecule has 7 aliphatic rings. The molecule has 33 nitrogen and oxygen atoms in total. The fourth-order valence-corrected chi connectivity index (χ4v) is 18.0. The highest BCUT2D eigenvalue weighted by atomic mass is 19.1. The average molecular weight is 2010 g/mol. The van der Waals surface area contributed by atoms with Gasteiger partial charge >= 0.3 is 30.2 Å². The van der Waals surface area contributed by atoms with E-state index in [1.54, 1.807) is 135 Å². The van der Waals surface area contributed by atoms with Gasteiger partial charge in [0, 0.05) is 144 Å². The summed E-state index contributed by atoms with van der Waals surface area (Å²) < 4.78 is 46.1. The van der Waals surface area contributed by atoms with Gasteiger partial charge in [-0.25, -0.2) is 38.1 Å². The second-order valence-electron chi connectivity index (χ2n) is 37.7. The van der Waals surface area contributed by atoms with Gasteiger partial charge in [0.05, 0.1) is 43.5 Å². The van der Waals surface area contributed by atoms with Gasteiger partial charge in [-0.05, 0) is 282 Å². The standard InChI is InChI=1S/C35H40N6O4.C34H34FN5O5.C34H36FN5O5.3C3H6O/c1-6-41(7-2)33(42)30-13-10-27-18-25(30)19-40(5)34(43)31(38-26-9-12-29-23(17-26)14-15-37-32(29)36)24-8-11-28(21(3)16-24)22(4)20-45-35(44)39-27;1-18-12-20-4-7-24(18)19(2)17-45-33(44)39-22-6-9-27(34(10-11-34)32(42)43)21(13-22)16-40(3)31(41)29(20)38-23-5-8-25-26(14-23)28(35)15-37-30(25)36;1-5-24(33(42)43)26-10-7-22-13-21(26)16-40(4)32(41)30(38-23-8-11-27-28(14-23)29(35)15-37-31(27)36)20-6-9-25(18(2)12-20)19(3)17-45-34(44)39-22;3*1-3(2)4/h8-18,22,31,38H,6-7,19-20H2,1-5H3,(H2,36,37)(H,39,44);4-9,12-15,19,29,38H,10-11,16-17H2,1-3H3,(H2,36,37)(H,39,44)(H,42,43);6-15,19,24,30,38H,5,16-17H2,1-4H3,(H2,36,37)(H,39,44)(H,42,43);3*1-2H3/t22-,31+;19-,29+;19-,24+,30+;;;/m000.../s1. The molecule has 9 heterocycles. The van der Waals surface area contributed by atoms with E-state index in [0.29, 0.717) is 122 Å². The number of carbonyl (C=O) groups excluding carboxylic acids is 10. The first-order valence-electron chi connectivity index (χ1n) is 48.3. The van der Waals surface area contributed by atoms with Crippen molar-refractivity contribution in [2.45, 2.75) is 190 Å². The van der Waals surface area contributed by atoms with Crippen molar-refractivity contribution in [3.63, 3.8) is 0 Å². The summed E-state index contributed by atoms with van der Waals surface area (Å²) in [4.78, 5) is 166. The number of nitrogens with two attached hydrogens (primary N) is 3. The van der Waals surface area contributed by atoms with Crippen molar-refractivity contribution in [2.75, 3.05) is 103 Å². The van der Waals surface area contributed by atoms with Crippen molar-refractivity contribution in [1.82, 2.24) is 34.6 Å². The van der Waals surface area contributed by atoms with Crippen LogP contribution in [-0.4, -0.2) is 170 Å². The number of fused-ring (bicyclic) bond motifs is 30. The highest BCUT2D eigenvalue weighted by Crippen LogP contribution is 2.51. The Bertz CT molecular complexity index is 6970. The summed E-state index contributed by atoms with van der Waals surface area (Å²) in [5, 5.41) is 41.5. The fourth-order valence-electron chi connectivity index (χ4n) is 18.0. The molecule has 19 rings (SSSR count). The zero-order chi connectivity index (χ0) is 107. The lowest BCUT2D eigenvalue weighted by Crippen LogP contribution is -2.36. The third-order valence-corrected chi connectivity index (χ3v) is 25.6. The number of rotatable bonds is 14. The Morgan fingerprint density at radius 3 is 1.20 bits per heavy atom. The number of nitrogens with one attached hydrogen (secondary N) is 6. The average Bonchev–Trinajstić information content (AvgIpc) is 1.59. The number of nitrogen functional groups attached to an aromatic ring is 3. The van der Waals surface area contributed by atoms with Crippen molar-refractivity contribution in [3.05, 3.63) is 284 Å². The van der Waals surface area contributed by atoms with Crippen molar-refractivity contribution in [2.24, 2.45) is 0 Å². The van der Waals surface area contributed by atoms with E-state index in [4.69, 9.17) is 31.4 Å². The molecule has 0 unspecified atom stereocenters. The first-order valence-corrected chi connectivity index (χ1v) is 48.3. The molecule has 12 bridgehead atoms. The van der Waals surface area contributed by atoms with E-state index < -0.39 is 71.3 Å². The molecule has 0 saturated heterocycles. The number of aliphatic carboxylic acids is 2. The lowest BCUT2D eigenvalue weighted by molar-refractivity contribution is -0.140. The maximum Gasteiger partial charge on any atom is 0.411 e. The lowest BCUT2D eigenvalue weighted by atomic mass is 9.90. The van der Waals surface area contributed by atoms with Crippen LogP contribution in [0, 0.1) is 32.4 Å². The lowest BCUT2D eigenvalue weighted by Gasteiger charge is -2.28. The Balaban J connectivity index is 0.000000198. The van der Waals surface area contributed by atoms with E-state index in [9.17, 15) is 76.5 Å². The monoisotopic (exact) mass is 2010 g/mol. The molecule has 1 aliphatic carbocycles. The second-order valence-corrected chi connectivity index (χ2v) is 37.7. The Kier molecular flexibility index (Phi) is 37.1. The number of carbonyl (C=O) groups is 12. The third kappa shape index (κ3) is 27.9. The molecule has 9 aromatic carbocycles. The number of benzene rings is 9. The molecule has 14 N–H and O–H groups in total. The van der Waals surface area contributed by atoms with Crippen LogP contribution in [0.1, 0.15) is 232 Å². The molecule has 0 spiro atoms. The largest absolute Gasteiger partial charge is 0.481 e. The minimum atomic E-state index is -1.04. The predicted molar refractivity (Wildman–Crippen MR) is 565 cm³/mol. The van der Waals surface area contributed by atoms with E-state index in [0.717, 1.165) is 67.8 Å². The number of halogens is 2. The molecule has 1 saturated carbocycles. The number of pyridine rings is 3. The summed E-state index contributed by atoms with van der Waals surface area (Å²) in [6.07, 6.45) is 3.24. The number of carboxylic acids is 2. The zero-order valence-corrected chi connectivity index (χ0v) is 85.9. The highest BCUT2D eigenvalue weighted by molar-refractivity contribution is 6.00. The van der Waals surface area contributed by atoms with Crippen LogP contribution in [-0.2, 0) is 77.6 Å². The van der Waals surface area contributed by atoms with Crippen LogP contribution in [0.2, 0.25) is 0 Å². The van der Waals surface area contributed by atoms with Gasteiger partial charge < -0.3 is 91.6 Å². The molecule has 3 aromatic heterocycles. The van der Waals surface area contributed by atoms with E-state index in [-0.39, 0.29) is 121 Å². The van der Waals surface area contributed by atoms with Crippen molar-refractivity contribution < 1.29 is 90.7 Å². The first kappa shape index (κ1) is 111. The van der Waals surface area contributed by atoms with Crippen LogP contribution >= 0.6 is 0 Å². The van der Waals surface area contributed by atoms with Crippen LogP contribution in [0.25, 0.3) is 32.3 Å². The third-order valence-electron chi connectivity index (χ3n) is 25.6. The SMILES string of the molecule is CC(C)=O.CC(C)=O.CC(C)=O.CCN(CC)C(=O)c1ccc2cc1CN(C)C(=O)[C@H](Nc1ccc3c(N)nccc3c1)c1ccc(c(C)c1)[C@@H](C)COC(=O)N2.CC[C@@H](C(=O)O)c1ccc2cc1CN(C)C(=O)[C@H](Nc1ccc3c(N)ncc(F)c3c1)c1ccc(c(C)c1)[C@@H](C)COC(=O)N2.Cc1cc2ccc1[C@@H](C)COC(=O)Nc1ccc(C3(C(=O)O)CC3)c(c1)CN(C)C(=O)[C@@H]2Nc1ccc2c(N)ncc(F)c2c1. The summed E-state index contributed by atoms with van der Waals surface area (Å²) in [7, 11) is 5.00. The maximum atomic E-state index is 14.7. The number of carboxylic acid groups (broad SMARTS) is 2. The minimum absolute atomic E-state index is 0.0589. The summed E-state index contributed by atoms with van der Waals surface area (Å²) in [5.41, 5.74) is 31.3. The summed E-state index contributed by atoms with van der Waals surface area (Å²) in [6.45, 7) is 28.3. The van der Waals surface area contributed by atoms with Gasteiger partial charge in [0.1, 0.15) is 64.6 Å². The van der Waals surface area contributed by atoms with Gasteiger partial charge in [-0.15, -0.1) is 0 Å². The Morgan fingerprint density at radius 2 is 0.816 bits per heavy atom. The Morgan fingerprint density at radius 1 is 0.456 bits per heavy atom. The van der Waals surface area contributed by atoms with Crippen LogP contribution < -0.4 is 49.1 Å². The van der Waals surface area contributed by atoms with Crippen LogP contribution in [0.3, 0.4) is 0 Å². The second kappa shape index (κ2) is 49.2. The van der Waals surface area contributed by atoms with Gasteiger partial charge in [0.25, 0.3) is 5.91 Å². The van der Waals surface area contributed by atoms with Crippen molar-refractivity contribution in [1.29, 1.82) is 0 Å². The molecule has 772 valence electrons. The zero-order valence-electron chi connectivity index (χ0n) is 85.9. The fraction of sp³-hybridized carbons (Fsp3) is 0.330. The van der Waals surface area contributed by atoms with E-state index >= 15 is 0 Å². The van der Waals surface area contributed by atoms with Gasteiger partial charge in [0.2, 0.25) is 17.7 Å². The molecule has 1 fully saturated rings. The molecule has 35 heteroatoms. The predicted octanol–water partition coefficient (Wildman–Crippen LogP) is 20.0. The highest BCUT2D eigenvalue weighted by Gasteiger charge is 2.53. The number of hydrogen-bond acceptors (Lipinski definition) is 24. The number of aryl methyl sites for hydroxylation is 3. The smallest absolute Gasteiger partial charge is 0.411 e. The molecule has 6 aliphatic heterocycles. The van der Waals surface area contributed by atoms with Crippen LogP contribution in [0.15, 0.2) is 188 Å². The number of likely N-dealkylation sites (N-methyl/N-ethyl adjacent to an activating group) is 3. The molecule has 12 aromatic rings. The number of nitrogens with zero attached hydrogens (tertiary/aromatic N) is 7. The van der Waals surface area contributed by atoms with E-state index in [2.05, 4.69) is 46.9 Å². The van der Waals surface area contributed by atoms with Crippen molar-refractivity contribution >= 4 is 155 Å². The first-order chi connectivity index (χ1) is 69.7. The number of hydrogen-bond donors (Lipinski definition) is 11. The number of amides is 7. The summed E-state index contributed by atoms with van der Waals surface area (Å²) >= 11 is 0. The number of aromatic nitrogens is 3. The molecule has 147 heavy (non-hydrogen) atoms. The minimum Gasteiger partial charge on any atom is -0.481 e. The van der Waals surface area contributed by atoms with Gasteiger partial charge in [-0.3, -0.25) is 44.7 Å². The molecule has 0 radical (unpaired) electrons. The van der Waals surface area contributed by atoms with Gasteiger partial charge in [-0.1, -0.05) is 94.4 Å². The number of ether oxygens (including phenoxy) is 3. The molecule has 7 atom stereocenters. The van der Waals surface area contributed by atoms with E-state index in [1.807, 2.05) is 134 Å². The van der Waals surface area contributed by atoms with Crippen LogP contribution in [0.5, 0.6) is 0 Å². The van der Waals surface area contributed by atoms with Crippen molar-refractivity contribution in [3.8, 4) is 0 Å². The van der Waals surface area contributed by atoms with Gasteiger partial charge in [-0.2, -0.15) is 0 Å². The summed E-state index contributed by atoms with van der Waals surface area (Å²) in [5.74, 6) is -3.72. The Labute approximate surface area is 852 Å². The Hall–Kier alpha value is -16.5. The molecular weight excluding hydrogens is 1880 g/mol. The summed E-state index contributed by atoms with van der Waals surface area (Å²) in [6, 6.07) is 47.5. The molecule has 7 amide bonds. The number of ketones is 3. The normalized spacial score (nSPS) is 17.3.